The maximum atomic E-state index is 12.9. The third-order valence-corrected chi connectivity index (χ3v) is 12.5. The summed E-state index contributed by atoms with van der Waals surface area (Å²) >= 11 is 0. The van der Waals surface area contributed by atoms with Crippen molar-refractivity contribution in [2.24, 2.45) is 0 Å². The van der Waals surface area contributed by atoms with E-state index in [4.69, 9.17) is 14.2 Å². The van der Waals surface area contributed by atoms with Crippen molar-refractivity contribution in [3.05, 3.63) is 146 Å². The Morgan fingerprint density at radius 2 is 0.553 bits per heavy atom. The van der Waals surface area contributed by atoms with E-state index in [1.165, 1.54) is 83.5 Å². The SMILES string of the molecule is CC/C=C\C/C=C\C/C=C\C/C=C\C/C=C\C/C=C\C/C=C\C/C=C\C/C=C\CCCC(=O)OCC(COC(=O)CCCCCCC/C=C\CCC)OC(=O)CCCCCCCCCCC/C=C\C/C=C\CCCCC. The Morgan fingerprint density at radius 3 is 0.921 bits per heavy atom. The molecule has 6 nitrogen and oxygen atoms in total. The lowest BCUT2D eigenvalue weighted by Gasteiger charge is -2.18. The van der Waals surface area contributed by atoms with E-state index in [0.29, 0.717) is 19.3 Å². The number of unbranched alkanes of at least 4 members (excludes halogenated alkanes) is 19. The Morgan fingerprint density at radius 1 is 0.276 bits per heavy atom. The second-order valence-electron chi connectivity index (χ2n) is 19.9. The topological polar surface area (TPSA) is 78.9 Å². The van der Waals surface area contributed by atoms with Gasteiger partial charge in [-0.05, 0) is 135 Å². The minimum absolute atomic E-state index is 0.107. The number of carbonyl (C=O) groups excluding carboxylic acids is 3. The van der Waals surface area contributed by atoms with Crippen LogP contribution < -0.4 is 0 Å². The molecule has 0 saturated carbocycles. The molecule has 6 heteroatoms. The predicted octanol–water partition coefficient (Wildman–Crippen LogP) is 21.2. The Kier molecular flexibility index (Phi) is 58.9. The van der Waals surface area contributed by atoms with E-state index in [2.05, 4.69) is 167 Å². The molecule has 76 heavy (non-hydrogen) atoms. The van der Waals surface area contributed by atoms with Crippen molar-refractivity contribution >= 4 is 17.9 Å². The molecule has 0 bridgehead atoms. The molecule has 0 N–H and O–H groups in total. The van der Waals surface area contributed by atoms with E-state index in [9.17, 15) is 14.4 Å². The summed E-state index contributed by atoms with van der Waals surface area (Å²) in [4.78, 5) is 38.1. The molecule has 0 radical (unpaired) electrons. The van der Waals surface area contributed by atoms with Crippen molar-refractivity contribution in [3.63, 3.8) is 0 Å². The van der Waals surface area contributed by atoms with Crippen LogP contribution in [0.1, 0.15) is 258 Å². The first-order chi connectivity index (χ1) is 37.5. The summed E-state index contributed by atoms with van der Waals surface area (Å²) in [5.41, 5.74) is 0. The molecular formula is C70H112O6. The van der Waals surface area contributed by atoms with Gasteiger partial charge in [0.2, 0.25) is 0 Å². The first-order valence-electron chi connectivity index (χ1n) is 30.8. The van der Waals surface area contributed by atoms with Gasteiger partial charge in [-0.15, -0.1) is 0 Å². The fraction of sp³-hybridized carbons (Fsp3) is 0.614. The van der Waals surface area contributed by atoms with Crippen molar-refractivity contribution in [2.45, 2.75) is 264 Å². The van der Waals surface area contributed by atoms with Crippen molar-refractivity contribution in [3.8, 4) is 0 Å². The van der Waals surface area contributed by atoms with Gasteiger partial charge in [0.25, 0.3) is 0 Å². The van der Waals surface area contributed by atoms with Crippen LogP contribution in [0.5, 0.6) is 0 Å². The Labute approximate surface area is 467 Å². The Bertz CT molecular complexity index is 1680. The third-order valence-electron chi connectivity index (χ3n) is 12.5. The van der Waals surface area contributed by atoms with Crippen LogP contribution in [0.2, 0.25) is 0 Å². The summed E-state index contributed by atoms with van der Waals surface area (Å²) in [6.07, 6.45) is 90.0. The van der Waals surface area contributed by atoms with E-state index in [0.717, 1.165) is 128 Å². The van der Waals surface area contributed by atoms with E-state index >= 15 is 0 Å². The van der Waals surface area contributed by atoms with Crippen molar-refractivity contribution in [1.29, 1.82) is 0 Å². The molecule has 0 aliphatic carbocycles. The number of hydrogen-bond acceptors (Lipinski definition) is 6. The minimum Gasteiger partial charge on any atom is -0.462 e. The maximum Gasteiger partial charge on any atom is 0.306 e. The largest absolute Gasteiger partial charge is 0.462 e. The van der Waals surface area contributed by atoms with Crippen LogP contribution >= 0.6 is 0 Å². The van der Waals surface area contributed by atoms with Gasteiger partial charge in [0.05, 0.1) is 0 Å². The van der Waals surface area contributed by atoms with Crippen LogP contribution in [0.4, 0.5) is 0 Å². The number of ether oxygens (including phenoxy) is 3. The van der Waals surface area contributed by atoms with Crippen LogP contribution in [-0.4, -0.2) is 37.2 Å². The molecule has 0 aromatic carbocycles. The normalized spacial score (nSPS) is 13.1. The van der Waals surface area contributed by atoms with Crippen LogP contribution in [0, 0.1) is 0 Å². The Balaban J connectivity index is 4.40. The first-order valence-corrected chi connectivity index (χ1v) is 30.8. The van der Waals surface area contributed by atoms with Crippen molar-refractivity contribution < 1.29 is 28.6 Å². The van der Waals surface area contributed by atoms with Crippen LogP contribution in [0.25, 0.3) is 0 Å². The molecule has 428 valence electrons. The highest BCUT2D eigenvalue weighted by Gasteiger charge is 2.19. The second-order valence-corrected chi connectivity index (χ2v) is 19.9. The molecule has 0 aromatic heterocycles. The molecule has 1 unspecified atom stereocenters. The summed E-state index contributed by atoms with van der Waals surface area (Å²) in [7, 11) is 0. The van der Waals surface area contributed by atoms with Crippen LogP contribution in [-0.2, 0) is 28.6 Å². The van der Waals surface area contributed by atoms with Crippen molar-refractivity contribution in [1.82, 2.24) is 0 Å². The molecule has 1 atom stereocenters. The molecule has 0 rings (SSSR count). The molecule has 0 fully saturated rings. The highest BCUT2D eigenvalue weighted by molar-refractivity contribution is 5.71. The molecule has 0 amide bonds. The summed E-state index contributed by atoms with van der Waals surface area (Å²) in [5, 5.41) is 0. The van der Waals surface area contributed by atoms with Gasteiger partial charge in [-0.2, -0.15) is 0 Å². The van der Waals surface area contributed by atoms with E-state index in [1.54, 1.807) is 0 Å². The number of allylic oxidation sites excluding steroid dienone is 24. The molecule has 0 spiro atoms. The lowest BCUT2D eigenvalue weighted by atomic mass is 10.1. The molecular weight excluding hydrogens is 937 g/mol. The van der Waals surface area contributed by atoms with Gasteiger partial charge in [-0.25, -0.2) is 0 Å². The van der Waals surface area contributed by atoms with Gasteiger partial charge in [0, 0.05) is 19.3 Å². The summed E-state index contributed by atoms with van der Waals surface area (Å²) in [6.45, 7) is 6.37. The standard InChI is InChI=1S/C70H112O6/c1-4-7-10-13-16-19-22-24-26-28-30-31-32-33-34-35-36-37-38-39-41-42-44-46-48-51-54-57-60-63-69(72)75-66-67(65-74-68(71)62-59-56-53-50-21-18-15-12-9-6-3)76-70(73)64-61-58-55-52-49-47-45-43-40-29-27-25-23-20-17-14-11-8-5-2/h7,10,12,15-17,19-20,24-27,30-31,33-34,36-37,39,41,44,46,51,54,67H,4-6,8-9,11,13-14,18,21-23,28-29,32,35,38,40,42-43,45,47-50,52-53,55-66H2,1-3H3/b10-7-,15-12-,19-16-,20-17-,26-24-,27-25-,31-30-,34-33-,37-36-,41-39-,46-44-,54-51-. The number of carbonyl (C=O) groups is 3. The molecule has 0 aliphatic rings. The highest BCUT2D eigenvalue weighted by atomic mass is 16.6. The third kappa shape index (κ3) is 60.2. The van der Waals surface area contributed by atoms with Gasteiger partial charge >= 0.3 is 17.9 Å². The quantitative estimate of drug-likeness (QED) is 0.0261. The fourth-order valence-corrected chi connectivity index (χ4v) is 7.95. The average Bonchev–Trinajstić information content (AvgIpc) is 3.42. The summed E-state index contributed by atoms with van der Waals surface area (Å²) in [6, 6.07) is 0. The Hall–Kier alpha value is -4.71. The zero-order valence-corrected chi connectivity index (χ0v) is 49.0. The smallest absolute Gasteiger partial charge is 0.306 e. The van der Waals surface area contributed by atoms with Gasteiger partial charge in [0.1, 0.15) is 13.2 Å². The van der Waals surface area contributed by atoms with Gasteiger partial charge in [0.15, 0.2) is 6.10 Å². The zero-order valence-electron chi connectivity index (χ0n) is 49.0. The molecule has 0 heterocycles. The number of esters is 3. The lowest BCUT2D eigenvalue weighted by molar-refractivity contribution is -0.167. The number of hydrogen-bond donors (Lipinski definition) is 0. The monoisotopic (exact) mass is 1050 g/mol. The minimum atomic E-state index is -0.813. The van der Waals surface area contributed by atoms with Crippen LogP contribution in [0.15, 0.2) is 146 Å². The summed E-state index contributed by atoms with van der Waals surface area (Å²) in [5.74, 6) is -0.987. The lowest BCUT2D eigenvalue weighted by Crippen LogP contribution is -2.30. The average molecular weight is 1050 g/mol. The molecule has 0 saturated heterocycles. The van der Waals surface area contributed by atoms with Gasteiger partial charge < -0.3 is 14.2 Å². The van der Waals surface area contributed by atoms with Crippen LogP contribution in [0.3, 0.4) is 0 Å². The first kappa shape index (κ1) is 71.3. The second kappa shape index (κ2) is 62.8. The van der Waals surface area contributed by atoms with Gasteiger partial charge in [-0.3, -0.25) is 14.4 Å². The van der Waals surface area contributed by atoms with Crippen molar-refractivity contribution in [2.75, 3.05) is 13.2 Å². The van der Waals surface area contributed by atoms with Gasteiger partial charge in [-0.1, -0.05) is 250 Å². The van der Waals surface area contributed by atoms with E-state index in [1.807, 2.05) is 0 Å². The molecule has 0 aliphatic heterocycles. The van der Waals surface area contributed by atoms with E-state index in [-0.39, 0.29) is 37.5 Å². The zero-order chi connectivity index (χ0) is 55.0. The molecule has 0 aromatic rings. The highest BCUT2D eigenvalue weighted by Crippen LogP contribution is 2.14. The maximum absolute atomic E-state index is 12.9. The van der Waals surface area contributed by atoms with E-state index < -0.39 is 6.10 Å². The fourth-order valence-electron chi connectivity index (χ4n) is 7.95. The predicted molar refractivity (Wildman–Crippen MR) is 329 cm³/mol. The number of rotatable bonds is 54. The summed E-state index contributed by atoms with van der Waals surface area (Å²) < 4.78 is 16.8.